The van der Waals surface area contributed by atoms with Gasteiger partial charge in [-0.1, -0.05) is 64.5 Å². The number of aliphatic imine (C=N–C) groups is 1. The molecule has 0 aromatic heterocycles. The van der Waals surface area contributed by atoms with Crippen molar-refractivity contribution in [3.63, 3.8) is 0 Å². The number of fused-ring (bicyclic) bond motifs is 1. The molecule has 0 saturated carbocycles. The number of anilines is 2. The Bertz CT molecular complexity index is 1130. The van der Waals surface area contributed by atoms with Crippen LogP contribution < -0.4 is 10.2 Å². The number of amides is 1. The number of nitrogens with one attached hydrogen (secondary N) is 1. The van der Waals surface area contributed by atoms with Crippen LogP contribution in [0.15, 0.2) is 88.3 Å². The Labute approximate surface area is 188 Å². The van der Waals surface area contributed by atoms with Crippen molar-refractivity contribution in [2.75, 3.05) is 23.9 Å². The maximum Gasteiger partial charge on any atom is 0.325 e. The van der Waals surface area contributed by atoms with Crippen LogP contribution in [-0.4, -0.2) is 37.4 Å². The molecule has 0 saturated heterocycles. The first-order valence-corrected chi connectivity index (χ1v) is 10.5. The summed E-state index contributed by atoms with van der Waals surface area (Å²) in [5, 5.41) is 3.20. The largest absolute Gasteiger partial charge is 0.468 e. The molecule has 1 amide bonds. The van der Waals surface area contributed by atoms with Crippen LogP contribution >= 0.6 is 15.9 Å². The van der Waals surface area contributed by atoms with E-state index < -0.39 is 12.1 Å². The molecule has 31 heavy (non-hydrogen) atoms. The van der Waals surface area contributed by atoms with E-state index in [0.717, 1.165) is 21.3 Å². The molecule has 0 spiro atoms. The van der Waals surface area contributed by atoms with Gasteiger partial charge in [0.2, 0.25) is 0 Å². The summed E-state index contributed by atoms with van der Waals surface area (Å²) < 4.78 is 5.69. The highest BCUT2D eigenvalue weighted by molar-refractivity contribution is 9.10. The van der Waals surface area contributed by atoms with Crippen molar-refractivity contribution in [3.8, 4) is 0 Å². The number of rotatable bonds is 5. The van der Waals surface area contributed by atoms with Gasteiger partial charge in [-0.2, -0.15) is 0 Å². The number of carbonyl (C=O) groups is 2. The molecule has 1 aliphatic heterocycles. The summed E-state index contributed by atoms with van der Waals surface area (Å²) in [6.45, 7) is -0.214. The molecule has 1 atom stereocenters. The van der Waals surface area contributed by atoms with Crippen LogP contribution in [0.4, 0.5) is 11.4 Å². The summed E-state index contributed by atoms with van der Waals surface area (Å²) in [4.78, 5) is 32.0. The van der Waals surface area contributed by atoms with Crippen LogP contribution in [0.1, 0.15) is 11.1 Å². The SMILES string of the molecule is COC(=O)CN1C(=O)C(Nc2ccccc2)N=C(c2ccccc2)c2cc(Br)ccc21. The molecule has 1 aliphatic rings. The second kappa shape index (κ2) is 9.14. The maximum absolute atomic E-state index is 13.6. The van der Waals surface area contributed by atoms with E-state index in [1.54, 1.807) is 0 Å². The number of carbonyl (C=O) groups excluding carboxylic acids is 2. The maximum atomic E-state index is 13.6. The molecule has 1 unspecified atom stereocenters. The Kier molecular flexibility index (Phi) is 6.13. The number of esters is 1. The third kappa shape index (κ3) is 4.51. The fourth-order valence-electron chi connectivity index (χ4n) is 3.42. The molecule has 3 aromatic carbocycles. The number of ether oxygens (including phenoxy) is 1. The summed E-state index contributed by atoms with van der Waals surface area (Å²) in [5.41, 5.74) is 3.62. The number of methoxy groups -OCH3 is 1. The van der Waals surface area contributed by atoms with E-state index in [9.17, 15) is 9.59 Å². The average molecular weight is 478 g/mol. The molecule has 3 aromatic rings. The van der Waals surface area contributed by atoms with Crippen molar-refractivity contribution in [2.45, 2.75) is 6.17 Å². The molecule has 1 heterocycles. The quantitative estimate of drug-likeness (QED) is 0.557. The van der Waals surface area contributed by atoms with Crippen LogP contribution in [0.5, 0.6) is 0 Å². The number of halogens is 1. The van der Waals surface area contributed by atoms with Crippen molar-refractivity contribution in [3.05, 3.63) is 94.5 Å². The smallest absolute Gasteiger partial charge is 0.325 e. The molecule has 0 fully saturated rings. The van der Waals surface area contributed by atoms with E-state index in [-0.39, 0.29) is 12.5 Å². The molecule has 0 aliphatic carbocycles. The molecular weight excluding hydrogens is 458 g/mol. The lowest BCUT2D eigenvalue weighted by atomic mass is 10.0. The first-order chi connectivity index (χ1) is 15.1. The van der Waals surface area contributed by atoms with E-state index in [1.165, 1.54) is 12.0 Å². The van der Waals surface area contributed by atoms with Crippen LogP contribution in [0.25, 0.3) is 0 Å². The number of benzodiazepines with no additional fused rings is 1. The third-order valence-corrected chi connectivity index (χ3v) is 5.40. The Balaban J connectivity index is 1.89. The summed E-state index contributed by atoms with van der Waals surface area (Å²) in [7, 11) is 1.30. The van der Waals surface area contributed by atoms with Gasteiger partial charge in [0.25, 0.3) is 5.91 Å². The zero-order chi connectivity index (χ0) is 21.8. The molecule has 6 nitrogen and oxygen atoms in total. The second-order valence-electron chi connectivity index (χ2n) is 6.92. The molecule has 1 N–H and O–H groups in total. The normalized spacial score (nSPS) is 15.5. The molecule has 4 rings (SSSR count). The Hall–Kier alpha value is -3.45. The van der Waals surface area contributed by atoms with E-state index >= 15 is 0 Å². The third-order valence-electron chi connectivity index (χ3n) is 4.90. The summed E-state index contributed by atoms with van der Waals surface area (Å²) in [6.07, 6.45) is -0.923. The van der Waals surface area contributed by atoms with Gasteiger partial charge in [-0.3, -0.25) is 14.5 Å². The summed E-state index contributed by atoms with van der Waals surface area (Å²) in [5.74, 6) is -0.854. The number of nitrogens with zero attached hydrogens (tertiary/aromatic N) is 2. The minimum absolute atomic E-state index is 0.214. The number of para-hydroxylation sites is 1. The highest BCUT2D eigenvalue weighted by Gasteiger charge is 2.33. The topological polar surface area (TPSA) is 71.0 Å². The Morgan fingerprint density at radius 1 is 1.06 bits per heavy atom. The molecule has 7 heteroatoms. The van der Waals surface area contributed by atoms with Gasteiger partial charge in [-0.25, -0.2) is 4.99 Å². The fourth-order valence-corrected chi connectivity index (χ4v) is 3.78. The van der Waals surface area contributed by atoms with Gasteiger partial charge in [-0.15, -0.1) is 0 Å². The lowest BCUT2D eigenvalue weighted by molar-refractivity contribution is -0.140. The molecular formula is C24H20BrN3O3. The standard InChI is InChI=1S/C24H20BrN3O3/c1-31-21(29)15-28-20-13-12-17(25)14-19(20)22(16-8-4-2-5-9-16)27-23(24(28)30)26-18-10-6-3-7-11-18/h2-14,23,26H,15H2,1H3. The average Bonchev–Trinajstić information content (AvgIpc) is 2.90. The lowest BCUT2D eigenvalue weighted by Gasteiger charge is -2.24. The second-order valence-corrected chi connectivity index (χ2v) is 7.83. The van der Waals surface area contributed by atoms with Crippen molar-refractivity contribution >= 4 is 44.9 Å². The number of hydrogen-bond donors (Lipinski definition) is 1. The monoisotopic (exact) mass is 477 g/mol. The van der Waals surface area contributed by atoms with Crippen LogP contribution in [-0.2, 0) is 14.3 Å². The van der Waals surface area contributed by atoms with E-state index in [4.69, 9.17) is 9.73 Å². The van der Waals surface area contributed by atoms with Crippen molar-refractivity contribution in [2.24, 2.45) is 4.99 Å². The van der Waals surface area contributed by atoms with Crippen LogP contribution in [0.2, 0.25) is 0 Å². The zero-order valence-corrected chi connectivity index (χ0v) is 18.4. The van der Waals surface area contributed by atoms with Gasteiger partial charge in [0.15, 0.2) is 6.17 Å². The van der Waals surface area contributed by atoms with Gasteiger partial charge in [0.05, 0.1) is 18.5 Å². The minimum Gasteiger partial charge on any atom is -0.468 e. The molecule has 156 valence electrons. The first-order valence-electron chi connectivity index (χ1n) is 9.70. The summed E-state index contributed by atoms with van der Waals surface area (Å²) in [6, 6.07) is 24.6. The first kappa shape index (κ1) is 20.8. The van der Waals surface area contributed by atoms with Gasteiger partial charge in [-0.05, 0) is 30.3 Å². The van der Waals surface area contributed by atoms with E-state index in [0.29, 0.717) is 11.4 Å². The van der Waals surface area contributed by atoms with Gasteiger partial charge in [0.1, 0.15) is 6.54 Å². The van der Waals surface area contributed by atoms with E-state index in [1.807, 2.05) is 78.9 Å². The van der Waals surface area contributed by atoms with E-state index in [2.05, 4.69) is 21.2 Å². The van der Waals surface area contributed by atoms with Gasteiger partial charge < -0.3 is 10.1 Å². The molecule has 0 radical (unpaired) electrons. The highest BCUT2D eigenvalue weighted by atomic mass is 79.9. The predicted octanol–water partition coefficient (Wildman–Crippen LogP) is 4.24. The molecule has 0 bridgehead atoms. The predicted molar refractivity (Wildman–Crippen MR) is 124 cm³/mol. The summed E-state index contributed by atoms with van der Waals surface area (Å²) >= 11 is 3.52. The van der Waals surface area contributed by atoms with Crippen molar-refractivity contribution < 1.29 is 14.3 Å². The Morgan fingerprint density at radius 2 is 1.74 bits per heavy atom. The fraction of sp³-hybridized carbons (Fsp3) is 0.125. The highest BCUT2D eigenvalue weighted by Crippen LogP contribution is 2.31. The van der Waals surface area contributed by atoms with Crippen molar-refractivity contribution in [1.82, 2.24) is 0 Å². The van der Waals surface area contributed by atoms with Crippen molar-refractivity contribution in [1.29, 1.82) is 0 Å². The number of benzene rings is 3. The number of hydrogen-bond acceptors (Lipinski definition) is 5. The van der Waals surface area contributed by atoms with Crippen LogP contribution in [0.3, 0.4) is 0 Å². The van der Waals surface area contributed by atoms with Gasteiger partial charge in [0, 0.05) is 21.3 Å². The van der Waals surface area contributed by atoms with Gasteiger partial charge >= 0.3 is 5.97 Å². The lowest BCUT2D eigenvalue weighted by Crippen LogP contribution is -2.44. The van der Waals surface area contributed by atoms with Crippen LogP contribution in [0, 0.1) is 0 Å². The zero-order valence-electron chi connectivity index (χ0n) is 16.8. The Morgan fingerprint density at radius 3 is 2.42 bits per heavy atom. The minimum atomic E-state index is -0.923.